The highest BCUT2D eigenvalue weighted by atomic mass is 35.5. The molecule has 0 bridgehead atoms. The third-order valence-electron chi connectivity index (χ3n) is 3.26. The molecule has 1 aromatic rings. The van der Waals surface area contributed by atoms with Gasteiger partial charge in [0.15, 0.2) is 0 Å². The van der Waals surface area contributed by atoms with Gasteiger partial charge in [-0.3, -0.25) is 0 Å². The maximum Gasteiger partial charge on any atom is 0.137 e. The van der Waals surface area contributed by atoms with Crippen LogP contribution in [0, 0.1) is 5.41 Å². The molecule has 0 amide bonds. The van der Waals surface area contributed by atoms with Crippen molar-refractivity contribution in [2.45, 2.75) is 25.8 Å². The van der Waals surface area contributed by atoms with Crippen LogP contribution in [0.3, 0.4) is 0 Å². The molecule has 14 heavy (non-hydrogen) atoms. The van der Waals surface area contributed by atoms with E-state index in [4.69, 9.17) is 17.3 Å². The molecule has 3 N–H and O–H groups in total. The molecule has 1 fully saturated rings. The first kappa shape index (κ1) is 9.81. The van der Waals surface area contributed by atoms with Crippen LogP contribution in [0.25, 0.3) is 0 Å². The smallest absolute Gasteiger partial charge is 0.137 e. The molecule has 0 unspecified atom stereocenters. The van der Waals surface area contributed by atoms with Crippen LogP contribution in [-0.4, -0.2) is 11.1 Å². The molecule has 76 valence electrons. The summed E-state index contributed by atoms with van der Waals surface area (Å²) in [5.41, 5.74) is 6.88. The van der Waals surface area contributed by atoms with Gasteiger partial charge >= 0.3 is 0 Å². The minimum Gasteiger partial charge on any atom is -0.506 e. The van der Waals surface area contributed by atoms with Gasteiger partial charge in [-0.2, -0.15) is 0 Å². The second-order valence-corrected chi connectivity index (χ2v) is 4.91. The third-order valence-corrected chi connectivity index (χ3v) is 3.57. The first-order chi connectivity index (χ1) is 6.46. The van der Waals surface area contributed by atoms with E-state index >= 15 is 0 Å². The maximum absolute atomic E-state index is 9.77. The van der Waals surface area contributed by atoms with Crippen molar-refractivity contribution in [2.75, 3.05) is 0 Å². The molecule has 1 aliphatic carbocycles. The minimum atomic E-state index is 0.0716. The van der Waals surface area contributed by atoms with Crippen molar-refractivity contribution in [1.82, 2.24) is 0 Å². The largest absolute Gasteiger partial charge is 0.506 e. The zero-order valence-corrected chi connectivity index (χ0v) is 9.05. The lowest BCUT2D eigenvalue weighted by atomic mass is 10.0. The van der Waals surface area contributed by atoms with Gasteiger partial charge in [-0.15, -0.1) is 0 Å². The van der Waals surface area contributed by atoms with E-state index in [2.05, 4.69) is 13.8 Å². The van der Waals surface area contributed by atoms with Crippen molar-refractivity contribution in [1.29, 1.82) is 0 Å². The fraction of sp³-hybridized carbons (Fsp3) is 0.455. The highest BCUT2D eigenvalue weighted by Gasteiger charge is 2.57. The average molecular weight is 212 g/mol. The predicted molar refractivity (Wildman–Crippen MR) is 57.6 cm³/mol. The quantitative estimate of drug-likeness (QED) is 0.750. The van der Waals surface area contributed by atoms with Crippen LogP contribution in [-0.2, 0) is 0 Å². The molecular weight excluding hydrogens is 198 g/mol. The van der Waals surface area contributed by atoms with Crippen LogP contribution < -0.4 is 5.73 Å². The Morgan fingerprint density at radius 2 is 2.00 bits per heavy atom. The monoisotopic (exact) mass is 211 g/mol. The summed E-state index contributed by atoms with van der Waals surface area (Å²) in [5, 5.41) is 10.2. The van der Waals surface area contributed by atoms with Crippen LogP contribution in [0.15, 0.2) is 18.2 Å². The van der Waals surface area contributed by atoms with Gasteiger partial charge in [0, 0.05) is 17.5 Å². The lowest BCUT2D eigenvalue weighted by Gasteiger charge is -2.06. The summed E-state index contributed by atoms with van der Waals surface area (Å²) in [5.74, 6) is 0.404. The van der Waals surface area contributed by atoms with E-state index in [1.165, 1.54) is 0 Å². The van der Waals surface area contributed by atoms with Crippen molar-refractivity contribution in [3.63, 3.8) is 0 Å². The van der Waals surface area contributed by atoms with Gasteiger partial charge in [0.05, 0.1) is 5.02 Å². The molecule has 0 heterocycles. The highest BCUT2D eigenvalue weighted by Crippen LogP contribution is 2.59. The number of phenolic OH excluding ortho intramolecular Hbond substituents is 1. The van der Waals surface area contributed by atoms with Gasteiger partial charge in [-0.1, -0.05) is 37.6 Å². The molecule has 0 radical (unpaired) electrons. The van der Waals surface area contributed by atoms with Crippen LogP contribution in [0.4, 0.5) is 0 Å². The topological polar surface area (TPSA) is 46.2 Å². The van der Waals surface area contributed by atoms with Gasteiger partial charge < -0.3 is 10.8 Å². The Labute approximate surface area is 88.7 Å². The summed E-state index contributed by atoms with van der Waals surface area (Å²) < 4.78 is 0. The van der Waals surface area contributed by atoms with Gasteiger partial charge in [-0.25, -0.2) is 0 Å². The van der Waals surface area contributed by atoms with Crippen LogP contribution >= 0.6 is 11.6 Å². The summed E-state index contributed by atoms with van der Waals surface area (Å²) in [6.45, 7) is 4.20. The minimum absolute atomic E-state index is 0.0716. The number of para-hydroxylation sites is 1. The first-order valence-electron chi connectivity index (χ1n) is 4.69. The maximum atomic E-state index is 9.77. The van der Waals surface area contributed by atoms with Crippen LogP contribution in [0.2, 0.25) is 5.02 Å². The van der Waals surface area contributed by atoms with Crippen molar-refractivity contribution in [3.8, 4) is 5.75 Å². The average Bonchev–Trinajstić information content (AvgIpc) is 2.59. The van der Waals surface area contributed by atoms with Gasteiger partial charge in [0.2, 0.25) is 0 Å². The SMILES string of the molecule is CC1(C)[C@@H](N)[C@@H]1c1cccc(Cl)c1O. The number of rotatable bonds is 1. The first-order valence-corrected chi connectivity index (χ1v) is 5.07. The summed E-state index contributed by atoms with van der Waals surface area (Å²) in [4.78, 5) is 0. The molecule has 1 saturated carbocycles. The standard InChI is InChI=1S/C11H14ClNO/c1-11(2)8(10(11)13)6-4-3-5-7(12)9(6)14/h3-5,8,10,14H,13H2,1-2H3/t8-,10-/m0/s1. The molecule has 0 spiro atoms. The normalized spacial score (nSPS) is 28.9. The third kappa shape index (κ3) is 1.22. The molecule has 1 aromatic carbocycles. The fourth-order valence-electron chi connectivity index (χ4n) is 2.05. The number of aromatic hydroxyl groups is 1. The lowest BCUT2D eigenvalue weighted by molar-refractivity contribution is 0.464. The van der Waals surface area contributed by atoms with E-state index in [0.29, 0.717) is 5.02 Å². The summed E-state index contributed by atoms with van der Waals surface area (Å²) in [6.07, 6.45) is 0. The van der Waals surface area contributed by atoms with Crippen LogP contribution in [0.1, 0.15) is 25.3 Å². The van der Waals surface area contributed by atoms with Gasteiger partial charge in [0.25, 0.3) is 0 Å². The molecule has 2 rings (SSSR count). The zero-order valence-electron chi connectivity index (χ0n) is 8.29. The molecular formula is C11H14ClNO. The second kappa shape index (κ2) is 2.88. The van der Waals surface area contributed by atoms with E-state index in [1.54, 1.807) is 6.07 Å². The van der Waals surface area contributed by atoms with E-state index in [-0.39, 0.29) is 23.1 Å². The number of hydrogen-bond donors (Lipinski definition) is 2. The number of halogens is 1. The molecule has 2 atom stereocenters. The Balaban J connectivity index is 2.40. The highest BCUT2D eigenvalue weighted by molar-refractivity contribution is 6.32. The number of hydrogen-bond acceptors (Lipinski definition) is 2. The van der Waals surface area contributed by atoms with Crippen molar-refractivity contribution < 1.29 is 5.11 Å². The lowest BCUT2D eigenvalue weighted by Crippen LogP contribution is -2.06. The van der Waals surface area contributed by atoms with Crippen molar-refractivity contribution in [2.24, 2.45) is 11.1 Å². The fourth-order valence-corrected chi connectivity index (χ4v) is 2.24. The zero-order chi connectivity index (χ0) is 10.5. The molecule has 0 aromatic heterocycles. The van der Waals surface area contributed by atoms with Gasteiger partial charge in [0.1, 0.15) is 5.75 Å². The van der Waals surface area contributed by atoms with E-state index in [0.717, 1.165) is 5.56 Å². The Morgan fingerprint density at radius 3 is 2.50 bits per heavy atom. The molecule has 3 heteroatoms. The summed E-state index contributed by atoms with van der Waals surface area (Å²) >= 11 is 5.84. The van der Waals surface area contributed by atoms with E-state index in [9.17, 15) is 5.11 Å². The number of benzene rings is 1. The number of phenols is 1. The Morgan fingerprint density at radius 1 is 1.43 bits per heavy atom. The second-order valence-electron chi connectivity index (χ2n) is 4.50. The van der Waals surface area contributed by atoms with E-state index in [1.807, 2.05) is 12.1 Å². The predicted octanol–water partition coefficient (Wildman–Crippen LogP) is 2.50. The summed E-state index contributed by atoms with van der Waals surface area (Å²) in [6, 6.07) is 5.53. The summed E-state index contributed by atoms with van der Waals surface area (Å²) in [7, 11) is 0. The van der Waals surface area contributed by atoms with Crippen LogP contribution in [0.5, 0.6) is 5.75 Å². The van der Waals surface area contributed by atoms with Crippen molar-refractivity contribution >= 4 is 11.6 Å². The van der Waals surface area contributed by atoms with E-state index < -0.39 is 0 Å². The molecule has 0 aliphatic heterocycles. The van der Waals surface area contributed by atoms with Gasteiger partial charge in [-0.05, 0) is 11.5 Å². The molecule has 2 nitrogen and oxygen atoms in total. The van der Waals surface area contributed by atoms with Crippen molar-refractivity contribution in [3.05, 3.63) is 28.8 Å². The Bertz CT molecular complexity index is 376. The molecule has 1 aliphatic rings. The number of nitrogens with two attached hydrogens (primary N) is 1. The Hall–Kier alpha value is -0.730. The molecule has 0 saturated heterocycles. The Kier molecular flexibility index (Phi) is 2.02.